The Bertz CT molecular complexity index is 306. The summed E-state index contributed by atoms with van der Waals surface area (Å²) in [6.07, 6.45) is 0.307. The van der Waals surface area contributed by atoms with Gasteiger partial charge in [-0.25, -0.2) is 4.79 Å². The van der Waals surface area contributed by atoms with E-state index in [1.54, 1.807) is 20.8 Å². The van der Waals surface area contributed by atoms with Gasteiger partial charge in [0, 0.05) is 25.0 Å². The lowest BCUT2D eigenvalue weighted by Crippen LogP contribution is -2.53. The predicted octanol–water partition coefficient (Wildman–Crippen LogP) is 1.48. The Labute approximate surface area is 110 Å². The lowest BCUT2D eigenvalue weighted by atomic mass is 10.0. The van der Waals surface area contributed by atoms with Gasteiger partial charge < -0.3 is 15.3 Å². The van der Waals surface area contributed by atoms with E-state index in [9.17, 15) is 9.59 Å². The van der Waals surface area contributed by atoms with Crippen LogP contribution in [0.15, 0.2) is 0 Å². The molecule has 0 atom stereocenters. The van der Waals surface area contributed by atoms with Crippen molar-refractivity contribution in [3.05, 3.63) is 0 Å². The molecule has 0 unspecified atom stereocenters. The second kappa shape index (κ2) is 6.18. The second-order valence-corrected chi connectivity index (χ2v) is 5.93. The third-order valence-corrected chi connectivity index (χ3v) is 2.81. The molecule has 0 aromatic carbocycles. The van der Waals surface area contributed by atoms with Crippen LogP contribution >= 0.6 is 0 Å². The molecule has 0 radical (unpaired) electrons. The molecule has 0 aliphatic rings. The van der Waals surface area contributed by atoms with Crippen LogP contribution in [0.4, 0.5) is 0 Å². The predicted molar refractivity (Wildman–Crippen MR) is 71.5 cm³/mol. The molecule has 0 aromatic heterocycles. The van der Waals surface area contributed by atoms with E-state index in [0.29, 0.717) is 19.5 Å². The standard InChI is InChI=1S/C13H26N2O3/c1-7-15(13(5,6)11(17)18)10(16)8-9-14-12(2,3)4/h14H,7-9H2,1-6H3,(H,17,18). The van der Waals surface area contributed by atoms with Gasteiger partial charge in [-0.2, -0.15) is 0 Å². The molecule has 0 bridgehead atoms. The molecule has 0 aliphatic heterocycles. The maximum Gasteiger partial charge on any atom is 0.329 e. The van der Waals surface area contributed by atoms with Gasteiger partial charge in [0.05, 0.1) is 0 Å². The van der Waals surface area contributed by atoms with Gasteiger partial charge in [-0.15, -0.1) is 0 Å². The number of carbonyl (C=O) groups is 2. The minimum atomic E-state index is -1.16. The van der Waals surface area contributed by atoms with Gasteiger partial charge >= 0.3 is 5.97 Å². The summed E-state index contributed by atoms with van der Waals surface area (Å²) in [4.78, 5) is 24.6. The topological polar surface area (TPSA) is 69.6 Å². The van der Waals surface area contributed by atoms with Crippen molar-refractivity contribution in [3.63, 3.8) is 0 Å². The lowest BCUT2D eigenvalue weighted by Gasteiger charge is -2.34. The van der Waals surface area contributed by atoms with Crippen LogP contribution in [0, 0.1) is 0 Å². The number of nitrogens with zero attached hydrogens (tertiary/aromatic N) is 1. The molecular weight excluding hydrogens is 232 g/mol. The molecule has 0 spiro atoms. The van der Waals surface area contributed by atoms with E-state index < -0.39 is 11.5 Å². The highest BCUT2D eigenvalue weighted by Crippen LogP contribution is 2.15. The molecule has 106 valence electrons. The van der Waals surface area contributed by atoms with Crippen LogP contribution in [0.3, 0.4) is 0 Å². The van der Waals surface area contributed by atoms with Crippen molar-refractivity contribution in [3.8, 4) is 0 Å². The van der Waals surface area contributed by atoms with Gasteiger partial charge in [0.1, 0.15) is 5.54 Å². The highest BCUT2D eigenvalue weighted by molar-refractivity contribution is 5.86. The molecular formula is C13H26N2O3. The fraction of sp³-hybridized carbons (Fsp3) is 0.846. The van der Waals surface area contributed by atoms with E-state index in [1.165, 1.54) is 4.90 Å². The van der Waals surface area contributed by atoms with E-state index in [2.05, 4.69) is 5.32 Å². The SMILES string of the molecule is CCN(C(=O)CCNC(C)(C)C)C(C)(C)C(=O)O. The molecule has 0 heterocycles. The normalized spacial score (nSPS) is 12.3. The number of carbonyl (C=O) groups excluding carboxylic acids is 1. The summed E-state index contributed by atoms with van der Waals surface area (Å²) in [6.45, 7) is 11.9. The van der Waals surface area contributed by atoms with Gasteiger partial charge in [-0.05, 0) is 41.5 Å². The van der Waals surface area contributed by atoms with Crippen LogP contribution in [-0.4, -0.2) is 46.1 Å². The van der Waals surface area contributed by atoms with E-state index in [4.69, 9.17) is 5.11 Å². The highest BCUT2D eigenvalue weighted by Gasteiger charge is 2.36. The average molecular weight is 258 g/mol. The van der Waals surface area contributed by atoms with E-state index in [0.717, 1.165) is 0 Å². The Hall–Kier alpha value is -1.10. The Balaban J connectivity index is 4.51. The minimum absolute atomic E-state index is 0.0420. The average Bonchev–Trinajstić information content (AvgIpc) is 2.15. The maximum absolute atomic E-state index is 12.0. The molecule has 18 heavy (non-hydrogen) atoms. The zero-order valence-corrected chi connectivity index (χ0v) is 12.3. The first-order valence-electron chi connectivity index (χ1n) is 6.31. The van der Waals surface area contributed by atoms with Crippen LogP contribution in [0.25, 0.3) is 0 Å². The third kappa shape index (κ3) is 5.04. The molecule has 0 rings (SSSR count). The quantitative estimate of drug-likeness (QED) is 0.757. The summed E-state index contributed by atoms with van der Waals surface area (Å²) in [6, 6.07) is 0. The zero-order valence-electron chi connectivity index (χ0n) is 12.3. The molecule has 5 heteroatoms. The Morgan fingerprint density at radius 2 is 1.67 bits per heavy atom. The Kier molecular flexibility index (Phi) is 5.80. The first-order valence-corrected chi connectivity index (χ1v) is 6.31. The van der Waals surface area contributed by atoms with Gasteiger partial charge in [0.15, 0.2) is 0 Å². The molecule has 1 amide bonds. The first kappa shape index (κ1) is 16.9. The van der Waals surface area contributed by atoms with Gasteiger partial charge in [0.2, 0.25) is 5.91 Å². The Morgan fingerprint density at radius 1 is 1.17 bits per heavy atom. The number of nitrogens with one attached hydrogen (secondary N) is 1. The smallest absolute Gasteiger partial charge is 0.329 e. The van der Waals surface area contributed by atoms with Crippen LogP contribution in [0.2, 0.25) is 0 Å². The molecule has 0 aliphatic carbocycles. The van der Waals surface area contributed by atoms with Crippen molar-refractivity contribution >= 4 is 11.9 Å². The maximum atomic E-state index is 12.0. The molecule has 5 nitrogen and oxygen atoms in total. The molecule has 0 saturated carbocycles. The van der Waals surface area contributed by atoms with Crippen molar-refractivity contribution in [1.82, 2.24) is 10.2 Å². The lowest BCUT2D eigenvalue weighted by molar-refractivity contribution is -0.156. The van der Waals surface area contributed by atoms with Gasteiger partial charge in [-0.1, -0.05) is 0 Å². The zero-order chi connectivity index (χ0) is 14.6. The van der Waals surface area contributed by atoms with E-state index >= 15 is 0 Å². The summed E-state index contributed by atoms with van der Waals surface area (Å²) in [7, 11) is 0. The number of likely N-dealkylation sites (N-methyl/N-ethyl adjacent to an activating group) is 1. The summed E-state index contributed by atoms with van der Waals surface area (Å²) >= 11 is 0. The second-order valence-electron chi connectivity index (χ2n) is 5.93. The van der Waals surface area contributed by atoms with Crippen molar-refractivity contribution in [2.75, 3.05) is 13.1 Å². The number of aliphatic carboxylic acids is 1. The van der Waals surface area contributed by atoms with Crippen molar-refractivity contribution < 1.29 is 14.7 Å². The molecule has 0 saturated heterocycles. The fourth-order valence-corrected chi connectivity index (χ4v) is 1.68. The van der Waals surface area contributed by atoms with Crippen LogP contribution < -0.4 is 5.32 Å². The number of carboxylic acids is 1. The van der Waals surface area contributed by atoms with E-state index in [1.807, 2.05) is 20.8 Å². The highest BCUT2D eigenvalue weighted by atomic mass is 16.4. The van der Waals surface area contributed by atoms with Crippen LogP contribution in [-0.2, 0) is 9.59 Å². The number of carboxylic acid groups (broad SMARTS) is 1. The summed E-state index contributed by atoms with van der Waals surface area (Å²) in [5.74, 6) is -1.12. The van der Waals surface area contributed by atoms with Gasteiger partial charge in [-0.3, -0.25) is 4.79 Å². The molecule has 2 N–H and O–H groups in total. The Morgan fingerprint density at radius 3 is 2.00 bits per heavy atom. The fourth-order valence-electron chi connectivity index (χ4n) is 1.68. The van der Waals surface area contributed by atoms with Crippen molar-refractivity contribution in [2.24, 2.45) is 0 Å². The number of hydrogen-bond donors (Lipinski definition) is 2. The molecule has 0 aromatic rings. The largest absolute Gasteiger partial charge is 0.480 e. The summed E-state index contributed by atoms with van der Waals surface area (Å²) in [5.41, 5.74) is -1.20. The molecule has 0 fully saturated rings. The van der Waals surface area contributed by atoms with E-state index in [-0.39, 0.29) is 11.4 Å². The third-order valence-electron chi connectivity index (χ3n) is 2.81. The minimum Gasteiger partial charge on any atom is -0.480 e. The number of amides is 1. The number of rotatable bonds is 6. The van der Waals surface area contributed by atoms with Crippen LogP contribution in [0.5, 0.6) is 0 Å². The number of hydrogen-bond acceptors (Lipinski definition) is 3. The van der Waals surface area contributed by atoms with Crippen molar-refractivity contribution in [1.29, 1.82) is 0 Å². The summed E-state index contributed by atoms with van der Waals surface area (Å²) < 4.78 is 0. The first-order chi connectivity index (χ1) is 8.02. The summed E-state index contributed by atoms with van der Waals surface area (Å²) in [5, 5.41) is 12.4. The van der Waals surface area contributed by atoms with Crippen LogP contribution in [0.1, 0.15) is 48.0 Å². The monoisotopic (exact) mass is 258 g/mol. The van der Waals surface area contributed by atoms with Gasteiger partial charge in [0.25, 0.3) is 0 Å². The van der Waals surface area contributed by atoms with Crippen molar-refractivity contribution in [2.45, 2.75) is 59.0 Å².